The molecule has 1 heterocycles. The Bertz CT molecular complexity index is 682. The number of hydrogen-bond acceptors (Lipinski definition) is 6. The third kappa shape index (κ3) is 2.66. The van der Waals surface area contributed by atoms with E-state index in [1.165, 1.54) is 0 Å². The van der Waals surface area contributed by atoms with Crippen LogP contribution in [0.3, 0.4) is 0 Å². The molecule has 0 fully saturated rings. The first-order valence-electron chi connectivity index (χ1n) is 6.12. The Labute approximate surface area is 114 Å². The van der Waals surface area contributed by atoms with Gasteiger partial charge < -0.3 is 15.5 Å². The van der Waals surface area contributed by atoms with Gasteiger partial charge in [-0.05, 0) is 23.7 Å². The van der Waals surface area contributed by atoms with Gasteiger partial charge in [-0.1, -0.05) is 19.1 Å². The number of nitrogens with one attached hydrogen (secondary N) is 1. The van der Waals surface area contributed by atoms with Gasteiger partial charge in [0.1, 0.15) is 11.6 Å². The van der Waals surface area contributed by atoms with Crippen LogP contribution in [0.2, 0.25) is 0 Å². The molecular weight excluding hydrogens is 260 g/mol. The quantitative estimate of drug-likeness (QED) is 0.812. The molecule has 0 radical (unpaired) electrons. The number of nitrogens with two attached hydrogens (primary N) is 1. The van der Waals surface area contributed by atoms with Crippen LogP contribution in [0.15, 0.2) is 34.2 Å². The SMILES string of the molecule is CCCOc1ccccc1-c1nc(N)c(N=O)c(=O)[nH]1. The van der Waals surface area contributed by atoms with Gasteiger partial charge in [0, 0.05) is 0 Å². The standard InChI is InChI=1S/C13H14N4O3/c1-2-7-20-9-6-4-3-5-8(9)12-15-11(14)10(17-19)13(18)16-12/h3-6H,2,7H2,1H3,(H3,14,15,16,18). The van der Waals surface area contributed by atoms with Gasteiger partial charge in [-0.3, -0.25) is 4.79 Å². The van der Waals surface area contributed by atoms with E-state index in [-0.39, 0.29) is 11.6 Å². The molecule has 0 bridgehead atoms. The van der Waals surface area contributed by atoms with E-state index in [2.05, 4.69) is 15.1 Å². The molecule has 0 aliphatic heterocycles. The number of nitrogens with zero attached hydrogens (tertiary/aromatic N) is 2. The summed E-state index contributed by atoms with van der Waals surface area (Å²) in [6.45, 7) is 2.54. The van der Waals surface area contributed by atoms with Gasteiger partial charge in [-0.2, -0.15) is 0 Å². The molecule has 3 N–H and O–H groups in total. The number of hydrogen-bond donors (Lipinski definition) is 2. The van der Waals surface area contributed by atoms with Crippen molar-refractivity contribution in [1.29, 1.82) is 0 Å². The molecule has 1 aromatic carbocycles. The van der Waals surface area contributed by atoms with Crippen LogP contribution in [0.5, 0.6) is 5.75 Å². The van der Waals surface area contributed by atoms with Crippen molar-refractivity contribution in [1.82, 2.24) is 9.97 Å². The first-order chi connectivity index (χ1) is 9.67. The van der Waals surface area contributed by atoms with Crippen LogP contribution in [0.1, 0.15) is 13.3 Å². The molecule has 0 spiro atoms. The molecule has 2 aromatic rings. The van der Waals surface area contributed by atoms with Gasteiger partial charge in [0.15, 0.2) is 5.82 Å². The van der Waals surface area contributed by atoms with E-state index in [4.69, 9.17) is 10.5 Å². The van der Waals surface area contributed by atoms with Crippen LogP contribution in [-0.4, -0.2) is 16.6 Å². The molecule has 0 amide bonds. The number of anilines is 1. The smallest absolute Gasteiger partial charge is 0.282 e. The van der Waals surface area contributed by atoms with Gasteiger partial charge in [0.05, 0.1) is 12.2 Å². The predicted octanol–water partition coefficient (Wildman–Crippen LogP) is 2.21. The second-order valence-electron chi connectivity index (χ2n) is 4.08. The summed E-state index contributed by atoms with van der Waals surface area (Å²) < 4.78 is 5.59. The second-order valence-corrected chi connectivity index (χ2v) is 4.08. The highest BCUT2D eigenvalue weighted by Crippen LogP contribution is 2.28. The summed E-state index contributed by atoms with van der Waals surface area (Å²) in [6, 6.07) is 7.12. The lowest BCUT2D eigenvalue weighted by molar-refractivity contribution is 0.318. The van der Waals surface area contributed by atoms with Gasteiger partial charge in [-0.25, -0.2) is 4.98 Å². The zero-order valence-corrected chi connectivity index (χ0v) is 10.9. The Hall–Kier alpha value is -2.70. The zero-order chi connectivity index (χ0) is 14.5. The van der Waals surface area contributed by atoms with Gasteiger partial charge >= 0.3 is 0 Å². The average molecular weight is 274 g/mol. The molecule has 7 heteroatoms. The zero-order valence-electron chi connectivity index (χ0n) is 10.9. The maximum atomic E-state index is 11.7. The number of aromatic nitrogens is 2. The van der Waals surface area contributed by atoms with Crippen molar-refractivity contribution in [2.75, 3.05) is 12.3 Å². The monoisotopic (exact) mass is 274 g/mol. The highest BCUT2D eigenvalue weighted by atomic mass is 16.5. The molecule has 0 aliphatic rings. The number of nitrogen functional groups attached to an aromatic ring is 1. The molecule has 0 saturated carbocycles. The van der Waals surface area contributed by atoms with E-state index < -0.39 is 11.2 Å². The van der Waals surface area contributed by atoms with Crippen molar-refractivity contribution in [3.05, 3.63) is 39.5 Å². The molecule has 104 valence electrons. The number of benzene rings is 1. The summed E-state index contributed by atoms with van der Waals surface area (Å²) in [6.07, 6.45) is 0.856. The Kier molecular flexibility index (Phi) is 4.09. The van der Waals surface area contributed by atoms with Gasteiger partial charge in [0.2, 0.25) is 5.69 Å². The van der Waals surface area contributed by atoms with Gasteiger partial charge in [-0.15, -0.1) is 4.91 Å². The molecule has 7 nitrogen and oxygen atoms in total. The summed E-state index contributed by atoms with van der Waals surface area (Å²) in [5, 5.41) is 2.56. The highest BCUT2D eigenvalue weighted by molar-refractivity contribution is 5.67. The maximum absolute atomic E-state index is 11.7. The third-order valence-corrected chi connectivity index (χ3v) is 2.62. The minimum absolute atomic E-state index is 0.205. The molecular formula is C13H14N4O3. The van der Waals surface area contributed by atoms with Crippen molar-refractivity contribution in [3.63, 3.8) is 0 Å². The lowest BCUT2D eigenvalue weighted by Crippen LogP contribution is -2.12. The summed E-state index contributed by atoms with van der Waals surface area (Å²) >= 11 is 0. The van der Waals surface area contributed by atoms with Crippen LogP contribution < -0.4 is 16.0 Å². The summed E-state index contributed by atoms with van der Waals surface area (Å²) in [5.41, 5.74) is 5.06. The summed E-state index contributed by atoms with van der Waals surface area (Å²) in [5.74, 6) is 0.624. The van der Waals surface area contributed by atoms with E-state index >= 15 is 0 Å². The fourth-order valence-corrected chi connectivity index (χ4v) is 1.70. The fourth-order valence-electron chi connectivity index (χ4n) is 1.70. The van der Waals surface area contributed by atoms with Crippen LogP contribution in [-0.2, 0) is 0 Å². The first-order valence-corrected chi connectivity index (χ1v) is 6.12. The minimum Gasteiger partial charge on any atom is -0.493 e. The Morgan fingerprint density at radius 2 is 2.15 bits per heavy atom. The van der Waals surface area contributed by atoms with Crippen molar-refractivity contribution in [3.8, 4) is 17.1 Å². The van der Waals surface area contributed by atoms with Crippen LogP contribution in [0.25, 0.3) is 11.4 Å². The van der Waals surface area contributed by atoms with Crippen LogP contribution in [0.4, 0.5) is 11.5 Å². The molecule has 2 rings (SSSR count). The number of aromatic amines is 1. The Morgan fingerprint density at radius 1 is 1.40 bits per heavy atom. The van der Waals surface area contributed by atoms with E-state index in [0.717, 1.165) is 6.42 Å². The minimum atomic E-state index is -0.673. The highest BCUT2D eigenvalue weighted by Gasteiger charge is 2.13. The summed E-state index contributed by atoms with van der Waals surface area (Å²) in [4.78, 5) is 28.6. The van der Waals surface area contributed by atoms with Gasteiger partial charge in [0.25, 0.3) is 5.56 Å². The molecule has 0 atom stereocenters. The van der Waals surface area contributed by atoms with E-state index in [1.54, 1.807) is 18.2 Å². The van der Waals surface area contributed by atoms with Crippen molar-refractivity contribution < 1.29 is 4.74 Å². The maximum Gasteiger partial charge on any atom is 0.282 e. The lowest BCUT2D eigenvalue weighted by atomic mass is 10.2. The lowest BCUT2D eigenvalue weighted by Gasteiger charge is -2.10. The average Bonchev–Trinajstić information content (AvgIpc) is 2.45. The topological polar surface area (TPSA) is 110 Å². The van der Waals surface area contributed by atoms with E-state index in [1.807, 2.05) is 13.0 Å². The fraction of sp³-hybridized carbons (Fsp3) is 0.231. The van der Waals surface area contributed by atoms with Crippen molar-refractivity contribution >= 4 is 11.5 Å². The molecule has 0 saturated heterocycles. The van der Waals surface area contributed by atoms with Crippen LogP contribution in [0, 0.1) is 4.91 Å². The Morgan fingerprint density at radius 3 is 2.80 bits per heavy atom. The normalized spacial score (nSPS) is 10.2. The van der Waals surface area contributed by atoms with Crippen LogP contribution >= 0.6 is 0 Å². The predicted molar refractivity (Wildman–Crippen MR) is 75.9 cm³/mol. The Balaban J connectivity index is 2.52. The molecule has 1 aromatic heterocycles. The second kappa shape index (κ2) is 5.96. The third-order valence-electron chi connectivity index (χ3n) is 2.62. The molecule has 0 unspecified atom stereocenters. The largest absolute Gasteiger partial charge is 0.493 e. The number of ether oxygens (including phenoxy) is 1. The van der Waals surface area contributed by atoms with Crippen molar-refractivity contribution in [2.24, 2.45) is 5.18 Å². The van der Waals surface area contributed by atoms with E-state index in [9.17, 15) is 9.70 Å². The van der Waals surface area contributed by atoms with Crippen molar-refractivity contribution in [2.45, 2.75) is 13.3 Å². The first kappa shape index (κ1) is 13.7. The number of rotatable bonds is 5. The van der Waals surface area contributed by atoms with E-state index in [0.29, 0.717) is 17.9 Å². The summed E-state index contributed by atoms with van der Waals surface area (Å²) in [7, 11) is 0. The number of para-hydroxylation sites is 1. The molecule has 20 heavy (non-hydrogen) atoms. The number of nitroso groups, excluding NO2 is 1. The number of H-pyrrole nitrogens is 1. The molecule has 0 aliphatic carbocycles.